The number of hydrogen-bond acceptors (Lipinski definition) is 3. The van der Waals surface area contributed by atoms with Crippen molar-refractivity contribution in [2.75, 3.05) is 14.2 Å². The molecule has 0 amide bonds. The third-order valence-electron chi connectivity index (χ3n) is 4.97. The quantitative estimate of drug-likeness (QED) is 0.764. The van der Waals surface area contributed by atoms with Crippen molar-refractivity contribution in [3.63, 3.8) is 0 Å². The molecule has 0 N–H and O–H groups in total. The van der Waals surface area contributed by atoms with Crippen LogP contribution < -0.4 is 0 Å². The Morgan fingerprint density at radius 3 is 2.68 bits per heavy atom. The van der Waals surface area contributed by atoms with Gasteiger partial charge in [-0.25, -0.2) is 0 Å². The summed E-state index contributed by atoms with van der Waals surface area (Å²) in [5.74, 6) is 0.240. The van der Waals surface area contributed by atoms with E-state index >= 15 is 0 Å². The fraction of sp³-hybridized carbons (Fsp3) is 0.562. The molecular weight excluding hydrogens is 238 g/mol. The van der Waals surface area contributed by atoms with Gasteiger partial charge in [0.2, 0.25) is 0 Å². The molecule has 0 aliphatic carbocycles. The van der Waals surface area contributed by atoms with Crippen molar-refractivity contribution in [2.24, 2.45) is 5.92 Å². The number of rotatable bonds is 2. The summed E-state index contributed by atoms with van der Waals surface area (Å²) in [4.78, 5) is 14.6. The first kappa shape index (κ1) is 12.7. The molecule has 0 saturated carbocycles. The van der Waals surface area contributed by atoms with Crippen LogP contribution in [0.15, 0.2) is 30.3 Å². The zero-order valence-electron chi connectivity index (χ0n) is 11.6. The number of fused-ring (bicyclic) bond motifs is 2. The topological polar surface area (TPSA) is 29.5 Å². The zero-order chi connectivity index (χ0) is 13.4. The minimum Gasteiger partial charge on any atom is -0.469 e. The molecule has 0 unspecified atom stereocenters. The molecule has 2 heterocycles. The van der Waals surface area contributed by atoms with Crippen LogP contribution in [0.3, 0.4) is 0 Å². The number of carbonyl (C=O) groups is 1. The zero-order valence-corrected chi connectivity index (χ0v) is 11.6. The third-order valence-corrected chi connectivity index (χ3v) is 4.97. The predicted octanol–water partition coefficient (Wildman–Crippen LogP) is 2.43. The Hall–Kier alpha value is -1.35. The molecule has 2 fully saturated rings. The molecule has 2 bridgehead atoms. The molecule has 4 atom stereocenters. The van der Waals surface area contributed by atoms with Crippen LogP contribution in [-0.4, -0.2) is 37.1 Å². The van der Waals surface area contributed by atoms with E-state index in [0.29, 0.717) is 18.0 Å². The van der Waals surface area contributed by atoms with Crippen molar-refractivity contribution in [2.45, 2.75) is 37.3 Å². The average Bonchev–Trinajstić information content (AvgIpc) is 2.70. The van der Waals surface area contributed by atoms with Crippen molar-refractivity contribution in [1.29, 1.82) is 0 Å². The molecular formula is C16H21NO2. The molecule has 1 aromatic carbocycles. The maximum Gasteiger partial charge on any atom is 0.310 e. The van der Waals surface area contributed by atoms with Gasteiger partial charge in [0.15, 0.2) is 0 Å². The lowest BCUT2D eigenvalue weighted by Gasteiger charge is -2.41. The molecule has 2 aliphatic rings. The average molecular weight is 259 g/mol. The second-order valence-corrected chi connectivity index (χ2v) is 5.77. The van der Waals surface area contributed by atoms with Crippen molar-refractivity contribution >= 4 is 5.97 Å². The van der Waals surface area contributed by atoms with E-state index in [1.54, 1.807) is 0 Å². The Labute approximate surface area is 114 Å². The van der Waals surface area contributed by atoms with Crippen LogP contribution in [0.4, 0.5) is 0 Å². The number of ether oxygens (including phenoxy) is 1. The molecule has 1 aromatic rings. The summed E-state index contributed by atoms with van der Waals surface area (Å²) in [5, 5.41) is 0. The van der Waals surface area contributed by atoms with Gasteiger partial charge >= 0.3 is 5.97 Å². The summed E-state index contributed by atoms with van der Waals surface area (Å²) < 4.78 is 5.07. The van der Waals surface area contributed by atoms with Gasteiger partial charge in [-0.05, 0) is 31.9 Å². The Morgan fingerprint density at radius 2 is 2.00 bits per heavy atom. The fourth-order valence-corrected chi connectivity index (χ4v) is 3.97. The van der Waals surface area contributed by atoms with Crippen molar-refractivity contribution in [1.82, 2.24) is 4.90 Å². The lowest BCUT2D eigenvalue weighted by molar-refractivity contribution is -0.150. The summed E-state index contributed by atoms with van der Waals surface area (Å²) in [7, 11) is 3.66. The number of nitrogens with zero attached hydrogens (tertiary/aromatic N) is 1. The Balaban J connectivity index is 1.96. The highest BCUT2D eigenvalue weighted by Gasteiger charge is 2.49. The predicted molar refractivity (Wildman–Crippen MR) is 73.9 cm³/mol. The van der Waals surface area contributed by atoms with Gasteiger partial charge in [0.1, 0.15) is 0 Å². The van der Waals surface area contributed by atoms with Crippen LogP contribution in [-0.2, 0) is 9.53 Å². The first-order valence-corrected chi connectivity index (χ1v) is 7.07. The lowest BCUT2D eigenvalue weighted by Crippen LogP contribution is -2.49. The van der Waals surface area contributed by atoms with Gasteiger partial charge in [-0.2, -0.15) is 0 Å². The van der Waals surface area contributed by atoms with Crippen molar-refractivity contribution in [3.8, 4) is 0 Å². The molecule has 102 valence electrons. The normalized spacial score (nSPS) is 34.2. The Kier molecular flexibility index (Phi) is 3.31. The largest absolute Gasteiger partial charge is 0.469 e. The fourth-order valence-electron chi connectivity index (χ4n) is 3.97. The molecule has 2 aliphatic heterocycles. The number of esters is 1. The summed E-state index contributed by atoms with van der Waals surface area (Å²) >= 11 is 0. The van der Waals surface area contributed by atoms with Gasteiger partial charge < -0.3 is 4.74 Å². The first-order chi connectivity index (χ1) is 9.22. The van der Waals surface area contributed by atoms with E-state index in [1.807, 2.05) is 6.07 Å². The van der Waals surface area contributed by atoms with E-state index in [0.717, 1.165) is 12.8 Å². The second kappa shape index (κ2) is 4.97. The number of hydrogen-bond donors (Lipinski definition) is 0. The highest BCUT2D eigenvalue weighted by molar-refractivity contribution is 5.75. The van der Waals surface area contributed by atoms with Gasteiger partial charge in [-0.1, -0.05) is 30.3 Å². The van der Waals surface area contributed by atoms with Gasteiger partial charge in [-0.15, -0.1) is 0 Å². The van der Waals surface area contributed by atoms with Crippen LogP contribution in [0, 0.1) is 5.92 Å². The maximum absolute atomic E-state index is 12.2. The molecule has 0 aromatic heterocycles. The molecule has 19 heavy (non-hydrogen) atoms. The number of methoxy groups -OCH3 is 1. The summed E-state index contributed by atoms with van der Waals surface area (Å²) in [6.07, 6.45) is 3.39. The van der Waals surface area contributed by atoms with Gasteiger partial charge in [0.25, 0.3) is 0 Å². The molecule has 3 rings (SSSR count). The van der Waals surface area contributed by atoms with Gasteiger partial charge in [-0.3, -0.25) is 9.69 Å². The first-order valence-electron chi connectivity index (χ1n) is 7.07. The summed E-state index contributed by atoms with van der Waals surface area (Å²) in [6.45, 7) is 0. The van der Waals surface area contributed by atoms with Crippen LogP contribution in [0.1, 0.15) is 30.7 Å². The maximum atomic E-state index is 12.2. The molecule has 3 heteroatoms. The van der Waals surface area contributed by atoms with E-state index in [4.69, 9.17) is 4.74 Å². The van der Waals surface area contributed by atoms with Crippen LogP contribution >= 0.6 is 0 Å². The monoisotopic (exact) mass is 259 g/mol. The van der Waals surface area contributed by atoms with Crippen LogP contribution in [0.2, 0.25) is 0 Å². The summed E-state index contributed by atoms with van der Waals surface area (Å²) in [6, 6.07) is 11.4. The second-order valence-electron chi connectivity index (χ2n) is 5.77. The Morgan fingerprint density at radius 1 is 1.26 bits per heavy atom. The standard InChI is InChI=1S/C16H21NO2/c1-17-12-8-9-14(17)15(16(18)19-2)13(10-12)11-6-4-3-5-7-11/h3-7,12-15H,8-10H2,1-2H3/t12-,13-,14+,15+/m0/s1. The van der Waals surface area contributed by atoms with Gasteiger partial charge in [0, 0.05) is 18.0 Å². The van der Waals surface area contributed by atoms with Crippen molar-refractivity contribution < 1.29 is 9.53 Å². The van der Waals surface area contributed by atoms with Crippen molar-refractivity contribution in [3.05, 3.63) is 35.9 Å². The van der Waals surface area contributed by atoms with Crippen LogP contribution in [0.25, 0.3) is 0 Å². The number of benzene rings is 1. The number of piperidine rings is 1. The lowest BCUT2D eigenvalue weighted by atomic mass is 9.76. The molecule has 2 saturated heterocycles. The highest BCUT2D eigenvalue weighted by atomic mass is 16.5. The minimum absolute atomic E-state index is 0.0175. The van der Waals surface area contributed by atoms with E-state index in [1.165, 1.54) is 19.1 Å². The van der Waals surface area contributed by atoms with E-state index in [9.17, 15) is 4.79 Å². The molecule has 0 radical (unpaired) electrons. The highest BCUT2D eigenvalue weighted by Crippen LogP contribution is 2.46. The molecule has 0 spiro atoms. The van der Waals surface area contributed by atoms with Gasteiger partial charge in [0.05, 0.1) is 13.0 Å². The third kappa shape index (κ3) is 2.06. The van der Waals surface area contributed by atoms with E-state index in [-0.39, 0.29) is 11.9 Å². The Bertz CT molecular complexity index is 459. The SMILES string of the molecule is COC(=O)[C@H]1[C@H]2CC[C@@H](C[C@H]1c1ccccc1)N2C. The minimum atomic E-state index is -0.0500. The van der Waals surface area contributed by atoms with E-state index in [2.05, 4.69) is 36.2 Å². The van der Waals surface area contributed by atoms with E-state index < -0.39 is 0 Å². The summed E-state index contributed by atoms with van der Waals surface area (Å²) in [5.41, 5.74) is 1.28. The molecule has 3 nitrogen and oxygen atoms in total. The smallest absolute Gasteiger partial charge is 0.310 e. The number of carbonyl (C=O) groups excluding carboxylic acids is 1. The van der Waals surface area contributed by atoms with Crippen LogP contribution in [0.5, 0.6) is 0 Å².